The van der Waals surface area contributed by atoms with Gasteiger partial charge in [-0.25, -0.2) is 0 Å². The molecule has 13 heavy (non-hydrogen) atoms. The van der Waals surface area contributed by atoms with Crippen LogP contribution in [-0.2, 0) is 0 Å². The van der Waals surface area contributed by atoms with E-state index in [1.165, 1.54) is 19.3 Å². The van der Waals surface area contributed by atoms with Crippen LogP contribution in [-0.4, -0.2) is 23.8 Å². The van der Waals surface area contributed by atoms with Crippen LogP contribution in [0.25, 0.3) is 0 Å². The Morgan fingerprint density at radius 1 is 1.46 bits per heavy atom. The zero-order chi connectivity index (χ0) is 9.73. The Morgan fingerprint density at radius 3 is 2.77 bits per heavy atom. The summed E-state index contributed by atoms with van der Waals surface area (Å²) in [5.74, 6) is 0.760. The number of aliphatic hydroxyl groups is 1. The van der Waals surface area contributed by atoms with Gasteiger partial charge in [0.05, 0.1) is 6.61 Å². The SMILES string of the molecule is CC(C)(CO)NC[C@@H]1CC=CCC1. The molecule has 0 aromatic heterocycles. The third-order valence-electron chi connectivity index (χ3n) is 2.64. The van der Waals surface area contributed by atoms with Crippen LogP contribution >= 0.6 is 0 Å². The van der Waals surface area contributed by atoms with Gasteiger partial charge in [-0.15, -0.1) is 0 Å². The normalized spacial score (nSPS) is 23.5. The zero-order valence-corrected chi connectivity index (χ0v) is 8.71. The second kappa shape index (κ2) is 4.77. The Hall–Kier alpha value is -0.340. The van der Waals surface area contributed by atoms with E-state index in [2.05, 4.69) is 17.5 Å². The standard InChI is InChI=1S/C11H21NO/c1-11(2,9-13)12-8-10-6-4-3-5-7-10/h3-4,10,12-13H,5-9H2,1-2H3/t10-/m1/s1. The molecule has 2 heteroatoms. The van der Waals surface area contributed by atoms with Gasteiger partial charge in [0.15, 0.2) is 0 Å². The van der Waals surface area contributed by atoms with Gasteiger partial charge < -0.3 is 10.4 Å². The Kier molecular flexibility index (Phi) is 3.94. The maximum absolute atomic E-state index is 9.05. The van der Waals surface area contributed by atoms with Crippen molar-refractivity contribution in [3.63, 3.8) is 0 Å². The van der Waals surface area contributed by atoms with E-state index >= 15 is 0 Å². The van der Waals surface area contributed by atoms with Crippen LogP contribution in [0.2, 0.25) is 0 Å². The quantitative estimate of drug-likeness (QED) is 0.650. The van der Waals surface area contributed by atoms with Crippen molar-refractivity contribution in [1.82, 2.24) is 5.32 Å². The van der Waals surface area contributed by atoms with Crippen molar-refractivity contribution >= 4 is 0 Å². The van der Waals surface area contributed by atoms with Gasteiger partial charge in [-0.1, -0.05) is 12.2 Å². The molecule has 1 aliphatic rings. The summed E-state index contributed by atoms with van der Waals surface area (Å²) in [5.41, 5.74) is -0.124. The van der Waals surface area contributed by atoms with E-state index in [0.29, 0.717) is 0 Å². The van der Waals surface area contributed by atoms with Crippen LogP contribution in [0.3, 0.4) is 0 Å². The van der Waals surface area contributed by atoms with Crippen LogP contribution in [0.4, 0.5) is 0 Å². The van der Waals surface area contributed by atoms with Gasteiger partial charge in [-0.05, 0) is 45.6 Å². The molecule has 0 unspecified atom stereocenters. The minimum atomic E-state index is -0.124. The zero-order valence-electron chi connectivity index (χ0n) is 8.71. The first-order valence-corrected chi connectivity index (χ1v) is 5.15. The molecule has 0 aromatic rings. The Morgan fingerprint density at radius 2 is 2.23 bits per heavy atom. The molecule has 2 nitrogen and oxygen atoms in total. The van der Waals surface area contributed by atoms with Gasteiger partial charge in [0.2, 0.25) is 0 Å². The van der Waals surface area contributed by atoms with E-state index < -0.39 is 0 Å². The predicted octanol–water partition coefficient (Wildman–Crippen LogP) is 1.70. The summed E-state index contributed by atoms with van der Waals surface area (Å²) in [5, 5.41) is 12.4. The third kappa shape index (κ3) is 3.92. The van der Waals surface area contributed by atoms with E-state index in [0.717, 1.165) is 12.5 Å². The molecule has 0 heterocycles. The van der Waals surface area contributed by atoms with E-state index in [1.54, 1.807) is 0 Å². The van der Waals surface area contributed by atoms with Crippen LogP contribution < -0.4 is 5.32 Å². The van der Waals surface area contributed by atoms with Crippen LogP contribution in [0, 0.1) is 5.92 Å². The second-order valence-corrected chi connectivity index (χ2v) is 4.57. The highest BCUT2D eigenvalue weighted by atomic mass is 16.3. The van der Waals surface area contributed by atoms with Crippen molar-refractivity contribution in [3.05, 3.63) is 12.2 Å². The summed E-state index contributed by atoms with van der Waals surface area (Å²) in [6.07, 6.45) is 8.21. The van der Waals surface area contributed by atoms with Gasteiger partial charge in [-0.2, -0.15) is 0 Å². The lowest BCUT2D eigenvalue weighted by molar-refractivity contribution is 0.181. The van der Waals surface area contributed by atoms with Gasteiger partial charge in [-0.3, -0.25) is 0 Å². The molecule has 1 atom stereocenters. The van der Waals surface area contributed by atoms with E-state index in [4.69, 9.17) is 5.11 Å². The number of allylic oxidation sites excluding steroid dienone is 2. The van der Waals surface area contributed by atoms with Crippen molar-refractivity contribution < 1.29 is 5.11 Å². The number of hydrogen-bond donors (Lipinski definition) is 2. The molecule has 0 spiro atoms. The second-order valence-electron chi connectivity index (χ2n) is 4.57. The smallest absolute Gasteiger partial charge is 0.0607 e. The van der Waals surface area contributed by atoms with Crippen molar-refractivity contribution in [3.8, 4) is 0 Å². The van der Waals surface area contributed by atoms with E-state index in [9.17, 15) is 0 Å². The summed E-state index contributed by atoms with van der Waals surface area (Å²) in [7, 11) is 0. The average Bonchev–Trinajstić information content (AvgIpc) is 2.17. The first kappa shape index (κ1) is 10.7. The van der Waals surface area contributed by atoms with Gasteiger partial charge in [0.1, 0.15) is 0 Å². The third-order valence-corrected chi connectivity index (χ3v) is 2.64. The monoisotopic (exact) mass is 183 g/mol. The maximum Gasteiger partial charge on any atom is 0.0607 e. The van der Waals surface area contributed by atoms with E-state index in [-0.39, 0.29) is 12.1 Å². The first-order valence-electron chi connectivity index (χ1n) is 5.15. The molecule has 76 valence electrons. The average molecular weight is 183 g/mol. The van der Waals surface area contributed by atoms with Gasteiger partial charge >= 0.3 is 0 Å². The topological polar surface area (TPSA) is 32.3 Å². The summed E-state index contributed by atoms with van der Waals surface area (Å²) >= 11 is 0. The Labute approximate surface area is 81.0 Å². The molecule has 0 amide bonds. The predicted molar refractivity (Wildman–Crippen MR) is 55.6 cm³/mol. The number of rotatable bonds is 4. The highest BCUT2D eigenvalue weighted by molar-refractivity contribution is 4.91. The van der Waals surface area contributed by atoms with Crippen LogP contribution in [0.15, 0.2) is 12.2 Å². The van der Waals surface area contributed by atoms with Crippen molar-refractivity contribution in [2.75, 3.05) is 13.2 Å². The minimum absolute atomic E-state index is 0.124. The van der Waals surface area contributed by atoms with Crippen molar-refractivity contribution in [2.24, 2.45) is 5.92 Å². The summed E-state index contributed by atoms with van der Waals surface area (Å²) in [4.78, 5) is 0. The molecule has 1 rings (SSSR count). The summed E-state index contributed by atoms with van der Waals surface area (Å²) < 4.78 is 0. The highest BCUT2D eigenvalue weighted by Gasteiger charge is 2.17. The van der Waals surface area contributed by atoms with Gasteiger partial charge in [0, 0.05) is 5.54 Å². The van der Waals surface area contributed by atoms with Gasteiger partial charge in [0.25, 0.3) is 0 Å². The lowest BCUT2D eigenvalue weighted by Crippen LogP contribution is -2.45. The lowest BCUT2D eigenvalue weighted by Gasteiger charge is -2.27. The van der Waals surface area contributed by atoms with Crippen LogP contribution in [0.1, 0.15) is 33.1 Å². The molecule has 0 aromatic carbocycles. The number of hydrogen-bond acceptors (Lipinski definition) is 2. The lowest BCUT2D eigenvalue weighted by atomic mass is 9.93. The minimum Gasteiger partial charge on any atom is -0.394 e. The fraction of sp³-hybridized carbons (Fsp3) is 0.818. The van der Waals surface area contributed by atoms with E-state index in [1.807, 2.05) is 13.8 Å². The van der Waals surface area contributed by atoms with Crippen molar-refractivity contribution in [2.45, 2.75) is 38.6 Å². The number of aliphatic hydroxyl groups excluding tert-OH is 1. The molecule has 0 saturated heterocycles. The molecule has 0 bridgehead atoms. The fourth-order valence-electron chi connectivity index (χ4n) is 1.52. The first-order chi connectivity index (χ1) is 6.14. The largest absolute Gasteiger partial charge is 0.394 e. The maximum atomic E-state index is 9.05. The molecule has 0 radical (unpaired) electrons. The number of nitrogens with one attached hydrogen (secondary N) is 1. The fourth-order valence-corrected chi connectivity index (χ4v) is 1.52. The summed E-state index contributed by atoms with van der Waals surface area (Å²) in [6.45, 7) is 5.30. The molecule has 0 aliphatic heterocycles. The molecule has 0 fully saturated rings. The summed E-state index contributed by atoms with van der Waals surface area (Å²) in [6, 6.07) is 0. The Bertz CT molecular complexity index is 175. The highest BCUT2D eigenvalue weighted by Crippen LogP contribution is 2.17. The van der Waals surface area contributed by atoms with Crippen LogP contribution in [0.5, 0.6) is 0 Å². The molecular weight excluding hydrogens is 162 g/mol. The molecule has 1 aliphatic carbocycles. The Balaban J connectivity index is 2.22. The van der Waals surface area contributed by atoms with Crippen molar-refractivity contribution in [1.29, 1.82) is 0 Å². The molecule has 0 saturated carbocycles. The molecular formula is C11H21NO. The molecule has 2 N–H and O–H groups in total.